The van der Waals surface area contributed by atoms with Crippen LogP contribution in [0.25, 0.3) is 0 Å². The highest BCUT2D eigenvalue weighted by Gasteiger charge is 2.41. The summed E-state index contributed by atoms with van der Waals surface area (Å²) >= 11 is 0. The first-order valence-electron chi connectivity index (χ1n) is 10.8. The Morgan fingerprint density at radius 1 is 1.12 bits per heavy atom. The number of aryl methyl sites for hydroxylation is 1. The van der Waals surface area contributed by atoms with Crippen LogP contribution in [0.5, 0.6) is 0 Å². The third-order valence-electron chi connectivity index (χ3n) is 5.73. The van der Waals surface area contributed by atoms with Crippen LogP contribution in [0, 0.1) is 18.2 Å². The van der Waals surface area contributed by atoms with Gasteiger partial charge < -0.3 is 20.9 Å². The summed E-state index contributed by atoms with van der Waals surface area (Å²) in [5.74, 6) is -1.69. The lowest BCUT2D eigenvalue weighted by molar-refractivity contribution is -0.154. The Balaban J connectivity index is 1.89. The normalized spacial score (nSPS) is 18.7. The summed E-state index contributed by atoms with van der Waals surface area (Å²) in [5.41, 5.74) is 6.78. The molecule has 2 heterocycles. The zero-order valence-electron chi connectivity index (χ0n) is 19.6. The minimum absolute atomic E-state index is 0.0536. The molecule has 1 saturated heterocycles. The number of nitrogens with zero attached hydrogens (tertiary/aromatic N) is 3. The first-order valence-corrected chi connectivity index (χ1v) is 10.8. The standard InChI is InChI=1S/C24H30FN5O3/c1-14-10-18(11-27-20(14)26)28-21(31)22(32)30-12-15(2)29(23(33)24(3,4)5)13-19(30)16-6-8-17(25)9-7-16/h6-11,15,19H,12-13H2,1-5H3,(H2,26,27)(H,28,31). The molecule has 3 amide bonds. The molecular formula is C24H30FN5O3. The fourth-order valence-corrected chi connectivity index (χ4v) is 3.85. The molecule has 1 aliphatic rings. The lowest BCUT2D eigenvalue weighted by Gasteiger charge is -2.46. The number of halogens is 1. The maximum Gasteiger partial charge on any atom is 0.313 e. The van der Waals surface area contributed by atoms with Gasteiger partial charge in [-0.2, -0.15) is 0 Å². The van der Waals surface area contributed by atoms with Crippen LogP contribution in [0.1, 0.15) is 44.9 Å². The van der Waals surface area contributed by atoms with Gasteiger partial charge in [-0.3, -0.25) is 14.4 Å². The first-order chi connectivity index (χ1) is 15.4. The summed E-state index contributed by atoms with van der Waals surface area (Å²) in [5, 5.41) is 2.57. The quantitative estimate of drug-likeness (QED) is 0.677. The van der Waals surface area contributed by atoms with E-state index in [4.69, 9.17) is 5.73 Å². The predicted octanol–water partition coefficient (Wildman–Crippen LogP) is 2.90. The second-order valence-electron chi connectivity index (χ2n) is 9.46. The summed E-state index contributed by atoms with van der Waals surface area (Å²) in [7, 11) is 0. The zero-order valence-corrected chi connectivity index (χ0v) is 19.6. The third-order valence-corrected chi connectivity index (χ3v) is 5.73. The van der Waals surface area contributed by atoms with E-state index in [1.165, 1.54) is 23.2 Å². The molecule has 8 nitrogen and oxygen atoms in total. The Labute approximate surface area is 193 Å². The van der Waals surface area contributed by atoms with Gasteiger partial charge in [0.15, 0.2) is 0 Å². The Kier molecular flexibility index (Phi) is 6.71. The molecule has 1 aromatic heterocycles. The van der Waals surface area contributed by atoms with Gasteiger partial charge in [0.05, 0.1) is 17.9 Å². The molecule has 0 spiro atoms. The predicted molar refractivity (Wildman–Crippen MR) is 124 cm³/mol. The van der Waals surface area contributed by atoms with Gasteiger partial charge >= 0.3 is 11.8 Å². The average Bonchev–Trinajstić information content (AvgIpc) is 2.75. The smallest absolute Gasteiger partial charge is 0.313 e. The molecule has 0 radical (unpaired) electrons. The van der Waals surface area contributed by atoms with Gasteiger partial charge in [0.1, 0.15) is 11.6 Å². The number of carbonyl (C=O) groups is 3. The average molecular weight is 456 g/mol. The van der Waals surface area contributed by atoms with Gasteiger partial charge in [0.25, 0.3) is 0 Å². The van der Waals surface area contributed by atoms with Gasteiger partial charge in [0.2, 0.25) is 5.91 Å². The van der Waals surface area contributed by atoms with Crippen molar-refractivity contribution < 1.29 is 18.8 Å². The monoisotopic (exact) mass is 455 g/mol. The largest absolute Gasteiger partial charge is 0.383 e. The SMILES string of the molecule is Cc1cc(NC(=O)C(=O)N2CC(C)N(C(=O)C(C)(C)C)CC2c2ccc(F)cc2)cnc1N. The summed E-state index contributed by atoms with van der Waals surface area (Å²) in [6.45, 7) is 9.46. The number of rotatable bonds is 2. The van der Waals surface area contributed by atoms with Gasteiger partial charge in [-0.25, -0.2) is 9.37 Å². The van der Waals surface area contributed by atoms with Crippen molar-refractivity contribution in [1.82, 2.24) is 14.8 Å². The molecule has 2 atom stereocenters. The number of anilines is 2. The van der Waals surface area contributed by atoms with Crippen molar-refractivity contribution in [3.63, 3.8) is 0 Å². The highest BCUT2D eigenvalue weighted by molar-refractivity contribution is 6.39. The molecule has 2 unspecified atom stereocenters. The molecule has 1 fully saturated rings. The fraction of sp³-hybridized carbons (Fsp3) is 0.417. The van der Waals surface area contributed by atoms with E-state index in [-0.39, 0.29) is 25.0 Å². The molecule has 1 aliphatic heterocycles. The number of amides is 3. The van der Waals surface area contributed by atoms with E-state index in [0.29, 0.717) is 22.6 Å². The van der Waals surface area contributed by atoms with Crippen LogP contribution in [0.3, 0.4) is 0 Å². The van der Waals surface area contributed by atoms with E-state index >= 15 is 0 Å². The molecule has 2 aromatic rings. The molecular weight excluding hydrogens is 425 g/mol. The van der Waals surface area contributed by atoms with Crippen LogP contribution in [-0.4, -0.2) is 51.6 Å². The number of benzene rings is 1. The lowest BCUT2D eigenvalue weighted by Crippen LogP contribution is -2.60. The summed E-state index contributed by atoms with van der Waals surface area (Å²) in [6, 6.07) is 6.47. The zero-order chi connectivity index (χ0) is 24.5. The molecule has 3 N–H and O–H groups in total. The van der Waals surface area contributed by atoms with E-state index < -0.39 is 29.1 Å². The van der Waals surface area contributed by atoms with Crippen LogP contribution in [0.2, 0.25) is 0 Å². The van der Waals surface area contributed by atoms with E-state index in [1.807, 2.05) is 27.7 Å². The Morgan fingerprint density at radius 3 is 2.33 bits per heavy atom. The van der Waals surface area contributed by atoms with E-state index in [1.54, 1.807) is 30.0 Å². The first kappa shape index (κ1) is 24.2. The number of piperazine rings is 1. The number of aromatic nitrogens is 1. The van der Waals surface area contributed by atoms with Crippen LogP contribution in [-0.2, 0) is 14.4 Å². The Hall–Kier alpha value is -3.49. The number of nitrogen functional groups attached to an aromatic ring is 1. The topological polar surface area (TPSA) is 109 Å². The van der Waals surface area contributed by atoms with Crippen LogP contribution < -0.4 is 11.1 Å². The number of nitrogens with one attached hydrogen (secondary N) is 1. The molecule has 0 saturated carbocycles. The highest BCUT2D eigenvalue weighted by Crippen LogP contribution is 2.31. The second-order valence-corrected chi connectivity index (χ2v) is 9.46. The van der Waals surface area contributed by atoms with Gasteiger partial charge in [0, 0.05) is 24.5 Å². The van der Waals surface area contributed by atoms with Crippen molar-refractivity contribution in [3.05, 3.63) is 53.5 Å². The number of hydrogen-bond acceptors (Lipinski definition) is 5. The maximum absolute atomic E-state index is 13.5. The van der Waals surface area contributed by atoms with Crippen LogP contribution in [0.4, 0.5) is 15.9 Å². The van der Waals surface area contributed by atoms with Gasteiger partial charge in [-0.15, -0.1) is 0 Å². The van der Waals surface area contributed by atoms with Crippen molar-refractivity contribution >= 4 is 29.2 Å². The van der Waals surface area contributed by atoms with Crippen molar-refractivity contribution in [2.75, 3.05) is 24.1 Å². The molecule has 1 aromatic carbocycles. The van der Waals surface area contributed by atoms with Crippen molar-refractivity contribution in [3.8, 4) is 0 Å². The number of nitrogens with two attached hydrogens (primary N) is 1. The minimum Gasteiger partial charge on any atom is -0.383 e. The number of hydrogen-bond donors (Lipinski definition) is 2. The van der Waals surface area contributed by atoms with Crippen molar-refractivity contribution in [1.29, 1.82) is 0 Å². The van der Waals surface area contributed by atoms with Crippen molar-refractivity contribution in [2.24, 2.45) is 5.41 Å². The summed E-state index contributed by atoms with van der Waals surface area (Å²) in [6.07, 6.45) is 1.38. The van der Waals surface area contributed by atoms with Crippen molar-refractivity contribution in [2.45, 2.75) is 46.7 Å². The lowest BCUT2D eigenvalue weighted by atomic mass is 9.91. The van der Waals surface area contributed by atoms with E-state index in [9.17, 15) is 18.8 Å². The molecule has 9 heteroatoms. The fourth-order valence-electron chi connectivity index (χ4n) is 3.85. The van der Waals surface area contributed by atoms with Crippen LogP contribution in [0.15, 0.2) is 36.5 Å². The highest BCUT2D eigenvalue weighted by atomic mass is 19.1. The van der Waals surface area contributed by atoms with Gasteiger partial charge in [-0.1, -0.05) is 32.9 Å². The molecule has 33 heavy (non-hydrogen) atoms. The molecule has 0 bridgehead atoms. The van der Waals surface area contributed by atoms with E-state index in [0.717, 1.165) is 0 Å². The van der Waals surface area contributed by atoms with Gasteiger partial charge in [-0.05, 0) is 43.2 Å². The summed E-state index contributed by atoms with van der Waals surface area (Å²) in [4.78, 5) is 46.2. The van der Waals surface area contributed by atoms with Crippen LogP contribution >= 0.6 is 0 Å². The number of carbonyl (C=O) groups excluding carboxylic acids is 3. The Bertz CT molecular complexity index is 1060. The minimum atomic E-state index is -0.823. The third kappa shape index (κ3) is 5.30. The summed E-state index contributed by atoms with van der Waals surface area (Å²) < 4.78 is 13.5. The number of pyridine rings is 1. The molecule has 3 rings (SSSR count). The molecule has 176 valence electrons. The molecule has 0 aliphatic carbocycles. The second kappa shape index (κ2) is 9.17. The Morgan fingerprint density at radius 2 is 1.76 bits per heavy atom. The maximum atomic E-state index is 13.5. The van der Waals surface area contributed by atoms with E-state index in [2.05, 4.69) is 10.3 Å².